The second-order valence-corrected chi connectivity index (χ2v) is 9.43. The molecule has 0 unspecified atom stereocenters. The van der Waals surface area contributed by atoms with Crippen molar-refractivity contribution in [3.05, 3.63) is 89.4 Å². The van der Waals surface area contributed by atoms with Gasteiger partial charge in [0.2, 0.25) is 0 Å². The molecule has 2 aromatic carbocycles. The van der Waals surface area contributed by atoms with Gasteiger partial charge in [0.15, 0.2) is 0 Å². The van der Waals surface area contributed by atoms with Crippen molar-refractivity contribution in [2.24, 2.45) is 0 Å². The maximum Gasteiger partial charge on any atom is 0.263 e. The number of hydrogen-bond acceptors (Lipinski definition) is 6. The fourth-order valence-corrected chi connectivity index (χ4v) is 4.99. The number of aromatic nitrogens is 2. The lowest BCUT2D eigenvalue weighted by atomic mass is 10.1. The molecule has 2 aromatic heterocycles. The highest BCUT2D eigenvalue weighted by molar-refractivity contribution is 7.17. The fraction of sp³-hybridized carbons (Fsp3) is 0.222. The van der Waals surface area contributed by atoms with Crippen molar-refractivity contribution in [2.45, 2.75) is 6.54 Å². The average molecular weight is 470 g/mol. The van der Waals surface area contributed by atoms with Crippen LogP contribution in [0.5, 0.6) is 0 Å². The Hall–Kier alpha value is -3.55. The third-order valence-corrected chi connectivity index (χ3v) is 7.09. The number of thiazole rings is 1. The lowest BCUT2D eigenvalue weighted by Gasteiger charge is -2.33. The van der Waals surface area contributed by atoms with Gasteiger partial charge in [0.05, 0.1) is 5.69 Å². The van der Waals surface area contributed by atoms with Crippen LogP contribution >= 0.6 is 11.3 Å². The van der Waals surface area contributed by atoms with E-state index in [-0.39, 0.29) is 5.91 Å². The van der Waals surface area contributed by atoms with Crippen LogP contribution in [0.1, 0.15) is 15.2 Å². The number of nitrogens with zero attached hydrogens (tertiary/aromatic N) is 4. The molecule has 1 N–H and O–H groups in total. The molecule has 0 saturated carbocycles. The topological polar surface area (TPSA) is 61.4 Å². The molecular weight excluding hydrogens is 442 g/mol. The van der Waals surface area contributed by atoms with Crippen LogP contribution in [-0.4, -0.2) is 54.0 Å². The lowest BCUT2D eigenvalue weighted by Crippen LogP contribution is -2.44. The average Bonchev–Trinajstić information content (AvgIpc) is 3.35. The number of carbonyl (C=O) groups is 1. The number of hydrogen-bond donors (Lipinski definition) is 1. The van der Waals surface area contributed by atoms with Gasteiger partial charge in [-0.05, 0) is 18.7 Å². The summed E-state index contributed by atoms with van der Waals surface area (Å²) in [5.74, 6) is 0.867. The number of nitrogens with one attached hydrogen (secondary N) is 1. The predicted octanol–water partition coefficient (Wildman–Crippen LogP) is 4.55. The van der Waals surface area contributed by atoms with Crippen LogP contribution in [0.4, 0.5) is 5.82 Å². The van der Waals surface area contributed by atoms with Crippen molar-refractivity contribution in [3.8, 4) is 21.8 Å². The summed E-state index contributed by atoms with van der Waals surface area (Å²) in [6.07, 6.45) is 1.86. The van der Waals surface area contributed by atoms with Crippen molar-refractivity contribution in [1.82, 2.24) is 20.2 Å². The first-order valence-electron chi connectivity index (χ1n) is 11.5. The molecule has 0 spiro atoms. The van der Waals surface area contributed by atoms with Gasteiger partial charge in [-0.15, -0.1) is 11.3 Å². The highest BCUT2D eigenvalue weighted by Gasteiger charge is 2.20. The van der Waals surface area contributed by atoms with E-state index in [0.717, 1.165) is 53.7 Å². The standard InChI is InChI=1S/C27H27N5OS/c1-31-14-16-32(17-15-31)23-13-12-20(18-28-23)19-29-26(33)25-24(21-8-4-2-5-9-21)30-27(34-25)22-10-6-3-7-11-22/h2-13,18H,14-17,19H2,1H3,(H,29,33). The molecule has 172 valence electrons. The number of rotatable bonds is 6. The number of benzene rings is 2. The van der Waals surface area contributed by atoms with Crippen molar-refractivity contribution in [1.29, 1.82) is 0 Å². The molecular formula is C27H27N5OS. The second kappa shape index (κ2) is 10.2. The molecule has 5 rings (SSSR count). The van der Waals surface area contributed by atoms with Crippen molar-refractivity contribution >= 4 is 23.1 Å². The molecule has 7 heteroatoms. The van der Waals surface area contributed by atoms with E-state index in [1.54, 1.807) is 0 Å². The number of piperazine rings is 1. The summed E-state index contributed by atoms with van der Waals surface area (Å²) >= 11 is 1.42. The predicted molar refractivity (Wildman–Crippen MR) is 138 cm³/mol. The van der Waals surface area contributed by atoms with Gasteiger partial charge < -0.3 is 15.1 Å². The van der Waals surface area contributed by atoms with E-state index in [2.05, 4.69) is 27.1 Å². The van der Waals surface area contributed by atoms with E-state index >= 15 is 0 Å². The number of pyridine rings is 1. The van der Waals surface area contributed by atoms with Crippen molar-refractivity contribution < 1.29 is 4.79 Å². The quantitative estimate of drug-likeness (QED) is 0.449. The first kappa shape index (κ1) is 22.3. The second-order valence-electron chi connectivity index (χ2n) is 8.43. The van der Waals surface area contributed by atoms with E-state index < -0.39 is 0 Å². The molecule has 1 amide bonds. The molecule has 34 heavy (non-hydrogen) atoms. The Morgan fingerprint density at radius 2 is 1.59 bits per heavy atom. The smallest absolute Gasteiger partial charge is 0.263 e. The van der Waals surface area contributed by atoms with Gasteiger partial charge in [-0.1, -0.05) is 66.7 Å². The number of likely N-dealkylation sites (N-methyl/N-ethyl adjacent to an activating group) is 1. The normalized spacial score (nSPS) is 14.2. The molecule has 1 fully saturated rings. The highest BCUT2D eigenvalue weighted by atomic mass is 32.1. The summed E-state index contributed by atoms with van der Waals surface area (Å²) in [6, 6.07) is 23.9. The lowest BCUT2D eigenvalue weighted by molar-refractivity contribution is 0.0955. The van der Waals surface area contributed by atoms with E-state index in [1.807, 2.05) is 79.0 Å². The third kappa shape index (κ3) is 5.00. The zero-order chi connectivity index (χ0) is 23.3. The summed E-state index contributed by atoms with van der Waals surface area (Å²) in [7, 11) is 2.14. The molecule has 4 aromatic rings. The van der Waals surface area contributed by atoms with E-state index in [4.69, 9.17) is 4.98 Å². The molecule has 0 aliphatic carbocycles. The van der Waals surface area contributed by atoms with Crippen LogP contribution in [0.25, 0.3) is 21.8 Å². The fourth-order valence-electron chi connectivity index (χ4n) is 3.98. The maximum absolute atomic E-state index is 13.2. The molecule has 0 radical (unpaired) electrons. The molecule has 3 heterocycles. The third-order valence-electron chi connectivity index (χ3n) is 5.99. The Bertz CT molecular complexity index is 1230. The van der Waals surface area contributed by atoms with Gasteiger partial charge in [0.1, 0.15) is 15.7 Å². The van der Waals surface area contributed by atoms with Crippen LogP contribution in [0.2, 0.25) is 0 Å². The van der Waals surface area contributed by atoms with E-state index in [1.165, 1.54) is 11.3 Å². The number of carbonyl (C=O) groups excluding carboxylic acids is 1. The summed E-state index contributed by atoms with van der Waals surface area (Å²) in [5, 5.41) is 3.90. The Morgan fingerprint density at radius 3 is 2.24 bits per heavy atom. The van der Waals surface area contributed by atoms with Gasteiger partial charge in [0.25, 0.3) is 5.91 Å². The largest absolute Gasteiger partial charge is 0.354 e. The van der Waals surface area contributed by atoms with Crippen molar-refractivity contribution in [3.63, 3.8) is 0 Å². The van der Waals surface area contributed by atoms with Crippen molar-refractivity contribution in [2.75, 3.05) is 38.1 Å². The van der Waals surface area contributed by atoms with Crippen LogP contribution in [0.15, 0.2) is 79.0 Å². The Labute approximate surface area is 203 Å². The Morgan fingerprint density at radius 1 is 0.912 bits per heavy atom. The summed E-state index contributed by atoms with van der Waals surface area (Å²) in [6.45, 7) is 4.47. The van der Waals surface area contributed by atoms with E-state index in [9.17, 15) is 4.79 Å². The monoisotopic (exact) mass is 469 g/mol. The van der Waals surface area contributed by atoms with Gasteiger partial charge >= 0.3 is 0 Å². The molecule has 0 bridgehead atoms. The summed E-state index contributed by atoms with van der Waals surface area (Å²) in [5.41, 5.74) is 3.63. The zero-order valence-electron chi connectivity index (χ0n) is 19.1. The van der Waals surface area contributed by atoms with Crippen LogP contribution in [0, 0.1) is 0 Å². The van der Waals surface area contributed by atoms with Gasteiger partial charge in [-0.25, -0.2) is 9.97 Å². The number of anilines is 1. The Balaban J connectivity index is 1.32. The van der Waals surface area contributed by atoms with Gasteiger partial charge in [-0.3, -0.25) is 4.79 Å². The summed E-state index contributed by atoms with van der Waals surface area (Å²) in [4.78, 5) is 27.9. The zero-order valence-corrected chi connectivity index (χ0v) is 20.0. The molecule has 1 saturated heterocycles. The minimum Gasteiger partial charge on any atom is -0.354 e. The molecule has 1 aliphatic rings. The molecule has 0 atom stereocenters. The number of amides is 1. The molecule has 1 aliphatic heterocycles. The van der Waals surface area contributed by atoms with Gasteiger partial charge in [-0.2, -0.15) is 0 Å². The maximum atomic E-state index is 13.2. The first-order valence-corrected chi connectivity index (χ1v) is 12.3. The van der Waals surface area contributed by atoms with Crippen LogP contribution in [0.3, 0.4) is 0 Å². The minimum absolute atomic E-state index is 0.123. The summed E-state index contributed by atoms with van der Waals surface area (Å²) < 4.78 is 0. The van der Waals surface area contributed by atoms with Crippen LogP contribution < -0.4 is 10.2 Å². The van der Waals surface area contributed by atoms with E-state index in [0.29, 0.717) is 17.1 Å². The first-order chi connectivity index (χ1) is 16.7. The van der Waals surface area contributed by atoms with Gasteiger partial charge in [0, 0.05) is 50.0 Å². The SMILES string of the molecule is CN1CCN(c2ccc(CNC(=O)c3sc(-c4ccccc4)nc3-c3ccccc3)cn2)CC1. The Kier molecular flexibility index (Phi) is 6.65. The minimum atomic E-state index is -0.123. The molecule has 6 nitrogen and oxygen atoms in total. The van der Waals surface area contributed by atoms with Crippen LogP contribution in [-0.2, 0) is 6.54 Å². The highest BCUT2D eigenvalue weighted by Crippen LogP contribution is 2.33.